The number of hydrogen-bond donors (Lipinski definition) is 16. The minimum Gasteiger partial charge on any atom is -0.481 e. The number of carbonyl (C=O) groups is 16. The monoisotopic (exact) mass is 1900 g/mol. The maximum absolute atomic E-state index is 11.8. The van der Waals surface area contributed by atoms with Gasteiger partial charge in [0.25, 0.3) is 0 Å². The second-order valence-electron chi connectivity index (χ2n) is 33.3. The molecule has 0 heterocycles. The van der Waals surface area contributed by atoms with Gasteiger partial charge in [-0.1, -0.05) is 0 Å². The van der Waals surface area contributed by atoms with Crippen molar-refractivity contribution in [2.24, 2.45) is 0 Å². The normalized spacial score (nSPS) is 11.9. The molecule has 46 nitrogen and oxygen atoms in total. The first-order valence-corrected chi connectivity index (χ1v) is 46.3. The van der Waals surface area contributed by atoms with Crippen LogP contribution >= 0.6 is 0 Å². The summed E-state index contributed by atoms with van der Waals surface area (Å²) in [4.78, 5) is 216. The van der Waals surface area contributed by atoms with Gasteiger partial charge in [0, 0.05) is 118 Å². The number of nitrogens with zero attached hydrogens (tertiary/aromatic N) is 14. The Kier molecular flexibility index (Phi) is 72.9. The van der Waals surface area contributed by atoms with E-state index in [4.69, 9.17) is 0 Å². The molecule has 132 heavy (non-hydrogen) atoms. The average molecular weight is 1900 g/mol. The van der Waals surface area contributed by atoms with Gasteiger partial charge in [-0.2, -0.15) is 0 Å². The fourth-order valence-electron chi connectivity index (χ4n) is 15.3. The molecule has 0 radical (unpaired) electrons. The molecule has 762 valence electrons. The maximum Gasteiger partial charge on any atom is 0.304 e. The van der Waals surface area contributed by atoms with Gasteiger partial charge in [-0.3, -0.25) is 76.7 Å². The molecule has 0 spiro atoms. The van der Waals surface area contributed by atoms with Crippen molar-refractivity contribution in [3.05, 3.63) is 0 Å². The van der Waals surface area contributed by atoms with Gasteiger partial charge in [0.1, 0.15) is 0 Å². The van der Waals surface area contributed by atoms with Crippen LogP contribution in [0.2, 0.25) is 0 Å². The van der Waals surface area contributed by atoms with Crippen LogP contribution < -0.4 is 0 Å². The molecule has 16 N–H and O–H groups in total. The van der Waals surface area contributed by atoms with Crippen molar-refractivity contribution in [1.29, 1.82) is 0 Å². The van der Waals surface area contributed by atoms with Crippen molar-refractivity contribution in [3.8, 4) is 0 Å². The molecular weight excluding hydrogens is 1740 g/mol. The van der Waals surface area contributed by atoms with E-state index in [0.717, 1.165) is 0 Å². The van der Waals surface area contributed by atoms with Gasteiger partial charge < -0.3 is 150 Å². The quantitative estimate of drug-likeness (QED) is 0.0410. The summed E-state index contributed by atoms with van der Waals surface area (Å²) in [5.74, 6) is -17.1. The van der Waals surface area contributed by atoms with Crippen LogP contribution in [-0.2, 0) is 76.7 Å². The van der Waals surface area contributed by atoms with E-state index in [9.17, 15) is 158 Å². The van der Waals surface area contributed by atoms with Crippen molar-refractivity contribution >= 4 is 95.5 Å². The molecule has 0 saturated heterocycles. The molecule has 0 saturated carbocycles. The molecule has 0 aliphatic carbocycles. The number of rotatable bonds is 99. The fourth-order valence-corrected chi connectivity index (χ4v) is 15.3. The zero-order valence-corrected chi connectivity index (χ0v) is 77.4. The molecule has 0 aliphatic heterocycles. The van der Waals surface area contributed by atoms with Crippen LogP contribution in [-0.4, -0.2) is 521 Å². The van der Waals surface area contributed by atoms with Crippen molar-refractivity contribution in [2.75, 3.05) is 275 Å². The molecule has 0 bridgehead atoms. The summed E-state index contributed by atoms with van der Waals surface area (Å²) < 4.78 is 0. The fraction of sp³-hybridized carbons (Fsp3) is 0.814. The Balaban J connectivity index is 8.69. The highest BCUT2D eigenvalue weighted by Crippen LogP contribution is 2.14. The number of carboxylic acids is 16. The summed E-state index contributed by atoms with van der Waals surface area (Å²) in [6, 6.07) is 0. The van der Waals surface area contributed by atoms with Crippen LogP contribution in [0.3, 0.4) is 0 Å². The minimum absolute atomic E-state index is 0.0881. The van der Waals surface area contributed by atoms with Gasteiger partial charge in [-0.25, -0.2) is 0 Å². The van der Waals surface area contributed by atoms with E-state index in [1.165, 1.54) is 0 Å². The Hall–Kier alpha value is -9.04. The highest BCUT2D eigenvalue weighted by molar-refractivity contribution is 5.72. The van der Waals surface area contributed by atoms with Gasteiger partial charge in [0.2, 0.25) is 0 Å². The Labute approximate surface area is 774 Å². The first-order valence-electron chi connectivity index (χ1n) is 46.3. The molecule has 46 heteroatoms. The Morgan fingerprint density at radius 1 is 0.0909 bits per heavy atom. The van der Waals surface area contributed by atoms with E-state index in [2.05, 4.69) is 29.4 Å². The predicted octanol–water partition coefficient (Wildman–Crippen LogP) is 1.49. The van der Waals surface area contributed by atoms with Crippen LogP contribution in [0, 0.1) is 0 Å². The smallest absolute Gasteiger partial charge is 0.304 e. The SMILES string of the molecule is O=C(O)CCN(CCCN(CCCN(CCC(=O)O)CCC(=O)O)CCCN(CCCN(CCCN(CCC(=O)O)CCC(=O)O)CCCN(CCC(=O)O)CCC(=O)O)CCN(CCCN(CCCN(CCC(=O)O)CCC(=O)O)CCCN(CCC(=O)O)CCC(=O)O)CCCN(CCCN(CCC(=O)O)CCC(=O)O)CCCN(CCC(=O)O)CCC(=O)O)CCC(=O)O. The third kappa shape index (κ3) is 79.5. The second kappa shape index (κ2) is 78.3. The third-order valence-corrected chi connectivity index (χ3v) is 22.4. The Morgan fingerprint density at radius 3 is 0.205 bits per heavy atom. The molecule has 0 aliphatic rings. The molecule has 0 amide bonds. The zero-order valence-electron chi connectivity index (χ0n) is 77.4. The lowest BCUT2D eigenvalue weighted by molar-refractivity contribution is -0.139. The van der Waals surface area contributed by atoms with E-state index in [1.54, 1.807) is 39.2 Å². The number of hydrogen-bond acceptors (Lipinski definition) is 30. The number of carboxylic acid groups (broad SMARTS) is 16. The molecule has 0 unspecified atom stereocenters. The molecule has 0 fully saturated rings. The zero-order chi connectivity index (χ0) is 98.8. The van der Waals surface area contributed by atoms with Crippen molar-refractivity contribution < 1.29 is 158 Å². The van der Waals surface area contributed by atoms with Crippen LogP contribution in [0.1, 0.15) is 180 Å². The lowest BCUT2D eigenvalue weighted by Crippen LogP contribution is -2.41. The molecule has 0 aromatic carbocycles. The van der Waals surface area contributed by atoms with E-state index in [1.807, 2.05) is 0 Å². The summed E-state index contributed by atoms with van der Waals surface area (Å²) in [5.41, 5.74) is 0. The summed E-state index contributed by atoms with van der Waals surface area (Å²) >= 11 is 0. The van der Waals surface area contributed by atoms with E-state index in [-0.39, 0.29) is 207 Å². The number of aliphatic carboxylic acids is 16. The van der Waals surface area contributed by atoms with Crippen LogP contribution in [0.15, 0.2) is 0 Å². The third-order valence-electron chi connectivity index (χ3n) is 22.4. The second-order valence-corrected chi connectivity index (χ2v) is 33.3. The van der Waals surface area contributed by atoms with Gasteiger partial charge in [-0.05, 0) is 234 Å². The van der Waals surface area contributed by atoms with E-state index in [0.29, 0.717) is 247 Å². The average Bonchev–Trinajstić information content (AvgIpc) is 0.924. The highest BCUT2D eigenvalue weighted by Gasteiger charge is 2.23. The summed E-state index contributed by atoms with van der Waals surface area (Å²) in [6.45, 7) is 12.5. The van der Waals surface area contributed by atoms with Crippen LogP contribution in [0.4, 0.5) is 0 Å². The van der Waals surface area contributed by atoms with Crippen molar-refractivity contribution in [3.63, 3.8) is 0 Å². The van der Waals surface area contributed by atoms with Crippen molar-refractivity contribution in [1.82, 2.24) is 68.6 Å². The summed E-state index contributed by atoms with van der Waals surface area (Å²) in [6.07, 6.45) is 2.18. The minimum atomic E-state index is -1.07. The first kappa shape index (κ1) is 123. The summed E-state index contributed by atoms with van der Waals surface area (Å²) in [7, 11) is 0. The van der Waals surface area contributed by atoms with E-state index < -0.39 is 95.5 Å². The molecule has 0 rings (SSSR count). The largest absolute Gasteiger partial charge is 0.481 e. The lowest BCUT2D eigenvalue weighted by atomic mass is 10.2. The first-order chi connectivity index (χ1) is 62.7. The van der Waals surface area contributed by atoms with Gasteiger partial charge in [0.15, 0.2) is 0 Å². The highest BCUT2D eigenvalue weighted by atomic mass is 16.4. The van der Waals surface area contributed by atoms with Gasteiger partial charge in [-0.15, -0.1) is 0 Å². The van der Waals surface area contributed by atoms with E-state index >= 15 is 0 Å². The topological polar surface area (TPSA) is 642 Å². The predicted molar refractivity (Wildman–Crippen MR) is 482 cm³/mol. The van der Waals surface area contributed by atoms with Crippen LogP contribution in [0.25, 0.3) is 0 Å². The van der Waals surface area contributed by atoms with Gasteiger partial charge >= 0.3 is 95.5 Å². The van der Waals surface area contributed by atoms with Crippen molar-refractivity contribution in [2.45, 2.75) is 180 Å². The Morgan fingerprint density at radius 2 is 0.144 bits per heavy atom. The maximum atomic E-state index is 11.8. The standard InChI is InChI=1S/C86H156N14O32/c101-71(102)13-53-93(54-14-72(103)104)45-5-33-87(34-6-46-94(55-15-73(105)106)56-16-74(107)108)29-1-41-91(42-2-30-88(35-7-47-95(57-17-75(109)110)58-18-76(111)112)36-8-48-96(59-19-77(113)114)60-20-78(115)116)69-70-92(43-3-31-89(37-9-49-97(61-21-79(117)118)62-22-80(119)120)38-10-50-98(63-23-81(121)122)64-24-82(123)124)44-4-32-90(39-11-51-99(65-25-83(125)126)66-26-84(127)128)40-12-52-100(67-27-85(129)130)68-28-86(131)132/h1-70H2,(H,101,102)(H,103,104)(H,105,106)(H,107,108)(H,109,110)(H,111,112)(H,113,114)(H,115,116)(H,117,118)(H,119,120)(H,121,122)(H,123,124)(H,125,126)(H,127,128)(H,129,130)(H,131,132). The molecule has 0 aromatic heterocycles. The lowest BCUT2D eigenvalue weighted by Gasteiger charge is -2.32. The molecular formula is C86H156N14O32. The molecule has 0 atom stereocenters. The molecule has 0 aromatic rings. The van der Waals surface area contributed by atoms with Gasteiger partial charge in [0.05, 0.1) is 103 Å². The Bertz CT molecular complexity index is 2560. The van der Waals surface area contributed by atoms with Crippen LogP contribution in [0.5, 0.6) is 0 Å². The summed E-state index contributed by atoms with van der Waals surface area (Å²) in [5, 5.41) is 154.